The zero-order valence-electron chi connectivity index (χ0n) is 26.8. The summed E-state index contributed by atoms with van der Waals surface area (Å²) in [4.78, 5) is 0. The van der Waals surface area contributed by atoms with E-state index in [-0.39, 0.29) is 7.92 Å². The number of benzene rings is 3. The predicted octanol–water partition coefficient (Wildman–Crippen LogP) is 10.8. The summed E-state index contributed by atoms with van der Waals surface area (Å²) in [5.74, 6) is 1.47. The summed E-state index contributed by atoms with van der Waals surface area (Å²) in [5, 5.41) is 5.01. The van der Waals surface area contributed by atoms with Gasteiger partial charge in [0.25, 0.3) is 0 Å². The molecule has 2 heteroatoms. The fourth-order valence-corrected chi connectivity index (χ4v) is 16.4. The molecule has 0 aliphatic heterocycles. The third kappa shape index (κ3) is 6.77. The van der Waals surface area contributed by atoms with Crippen molar-refractivity contribution in [1.82, 2.24) is 0 Å². The molecule has 4 atom stereocenters. The van der Waals surface area contributed by atoms with Crippen LogP contribution in [0.4, 0.5) is 0 Å². The minimum absolute atomic E-state index is 0.0780. The van der Waals surface area contributed by atoms with E-state index in [1.807, 2.05) is 5.30 Å². The number of hydrogen-bond donors (Lipinski definition) is 0. The monoisotopic (exact) mass is 596 g/mol. The average molecular weight is 597 g/mol. The van der Waals surface area contributed by atoms with Gasteiger partial charge in [-0.1, -0.05) is 143 Å². The molecule has 42 heavy (non-hydrogen) atoms. The summed E-state index contributed by atoms with van der Waals surface area (Å²) in [6.45, 7) is 9.50. The summed E-state index contributed by atoms with van der Waals surface area (Å²) in [7, 11) is -0.511. The van der Waals surface area contributed by atoms with Crippen LogP contribution in [0.3, 0.4) is 0 Å². The van der Waals surface area contributed by atoms with E-state index < -0.39 is 7.92 Å². The summed E-state index contributed by atoms with van der Waals surface area (Å²) in [6.07, 6.45) is 19.0. The molecule has 3 aliphatic rings. The smallest absolute Gasteiger partial charge is 0.0121 e. The highest BCUT2D eigenvalue weighted by atomic mass is 31.1. The highest BCUT2D eigenvalue weighted by Gasteiger charge is 2.40. The van der Waals surface area contributed by atoms with Crippen molar-refractivity contribution in [2.45, 2.75) is 134 Å². The molecule has 0 N–H and O–H groups in total. The van der Waals surface area contributed by atoms with Crippen molar-refractivity contribution in [2.24, 2.45) is 5.92 Å². The second kappa shape index (κ2) is 14.1. The maximum Gasteiger partial charge on any atom is -0.0121 e. The highest BCUT2D eigenvalue weighted by Crippen LogP contribution is 2.58. The van der Waals surface area contributed by atoms with Gasteiger partial charge in [0, 0.05) is 0 Å². The summed E-state index contributed by atoms with van der Waals surface area (Å²) in [6, 6.07) is 26.9. The lowest BCUT2D eigenvalue weighted by atomic mass is 9.87. The second-order valence-corrected chi connectivity index (χ2v) is 19.4. The van der Waals surface area contributed by atoms with E-state index in [0.717, 1.165) is 17.2 Å². The van der Waals surface area contributed by atoms with Gasteiger partial charge in [0.15, 0.2) is 0 Å². The molecule has 0 amide bonds. The maximum absolute atomic E-state index is 2.64. The molecular weight excluding hydrogens is 542 g/mol. The van der Waals surface area contributed by atoms with Crippen LogP contribution in [-0.2, 0) is 0 Å². The number of aryl methyl sites for hydroxylation is 3. The van der Waals surface area contributed by atoms with Crippen molar-refractivity contribution in [3.8, 4) is 0 Å². The van der Waals surface area contributed by atoms with Crippen LogP contribution in [0.5, 0.6) is 0 Å². The van der Waals surface area contributed by atoms with Gasteiger partial charge in [0.05, 0.1) is 0 Å². The fourth-order valence-electron chi connectivity index (χ4n) is 9.08. The Balaban J connectivity index is 1.38. The lowest BCUT2D eigenvalue weighted by Gasteiger charge is -2.41. The molecule has 3 aliphatic carbocycles. The first-order valence-electron chi connectivity index (χ1n) is 17.3. The number of rotatable bonds is 8. The molecule has 0 nitrogen and oxygen atoms in total. The third-order valence-electron chi connectivity index (χ3n) is 10.9. The van der Waals surface area contributed by atoms with E-state index in [1.165, 1.54) is 100 Å². The standard InChI is InChI=1S/C40H54P2/c1-29-15-13-20-35(26-29)41(36-27-30(2)25-31(3)28-36)32(4)37-22-14-23-38(37)39-21-11-12-24-40(39)42(33-16-7-5-8-17-33)34-18-9-6-10-19-34/h11-13,15,20-21,24-28,32-34,37-38H,5-10,14,16-19,22-23H2,1-4H3/t32-,37+,38?,41?/m1/s1. The molecule has 224 valence electrons. The van der Waals surface area contributed by atoms with Gasteiger partial charge in [-0.3, -0.25) is 0 Å². The Morgan fingerprint density at radius 1 is 0.571 bits per heavy atom. The first-order valence-corrected chi connectivity index (χ1v) is 20.2. The van der Waals surface area contributed by atoms with Gasteiger partial charge in [0.2, 0.25) is 0 Å². The van der Waals surface area contributed by atoms with Gasteiger partial charge in [-0.2, -0.15) is 0 Å². The minimum Gasteiger partial charge on any atom is -0.0686 e. The van der Waals surface area contributed by atoms with Gasteiger partial charge < -0.3 is 0 Å². The van der Waals surface area contributed by atoms with Crippen LogP contribution < -0.4 is 15.9 Å². The lowest BCUT2D eigenvalue weighted by Crippen LogP contribution is -2.31. The molecule has 2 unspecified atom stereocenters. The van der Waals surface area contributed by atoms with E-state index in [1.54, 1.807) is 16.2 Å². The van der Waals surface area contributed by atoms with Crippen molar-refractivity contribution >= 4 is 31.8 Å². The zero-order chi connectivity index (χ0) is 29.1. The molecule has 0 saturated heterocycles. The average Bonchev–Trinajstić information content (AvgIpc) is 3.49. The molecule has 3 fully saturated rings. The van der Waals surface area contributed by atoms with Crippen molar-refractivity contribution in [3.63, 3.8) is 0 Å². The topological polar surface area (TPSA) is 0 Å². The van der Waals surface area contributed by atoms with Crippen LogP contribution in [0.15, 0.2) is 66.7 Å². The van der Waals surface area contributed by atoms with E-state index in [4.69, 9.17) is 0 Å². The van der Waals surface area contributed by atoms with Crippen LogP contribution in [0.1, 0.15) is 119 Å². The van der Waals surface area contributed by atoms with Crippen LogP contribution >= 0.6 is 15.8 Å². The van der Waals surface area contributed by atoms with Crippen LogP contribution in [0.2, 0.25) is 0 Å². The second-order valence-electron chi connectivity index (χ2n) is 14.0. The molecule has 6 rings (SSSR count). The van der Waals surface area contributed by atoms with Gasteiger partial charge in [0.1, 0.15) is 0 Å². The van der Waals surface area contributed by atoms with Crippen LogP contribution in [-0.4, -0.2) is 17.0 Å². The van der Waals surface area contributed by atoms with Gasteiger partial charge in [-0.05, 0) is 118 Å². The Bertz CT molecular complexity index is 1280. The molecule has 0 aromatic heterocycles. The first kappa shape index (κ1) is 30.5. The zero-order valence-corrected chi connectivity index (χ0v) is 28.6. The normalized spacial score (nSPS) is 23.7. The SMILES string of the molecule is Cc1cccc(P(c2cc(C)cc(C)c2)[C@H](C)[C@@H]2CCCC2c2ccccc2P(C2CCCCC2)C2CCCCC2)c1. The van der Waals surface area contributed by atoms with E-state index in [2.05, 4.69) is 94.4 Å². The third-order valence-corrected chi connectivity index (χ3v) is 17.3. The molecule has 3 saturated carbocycles. The van der Waals surface area contributed by atoms with Crippen LogP contribution in [0.25, 0.3) is 0 Å². The van der Waals surface area contributed by atoms with E-state index in [9.17, 15) is 0 Å². The Kier molecular flexibility index (Phi) is 10.2. The molecular formula is C40H54P2. The van der Waals surface area contributed by atoms with Crippen LogP contribution in [0, 0.1) is 26.7 Å². The Labute approximate surface area is 260 Å². The molecule has 0 heterocycles. The van der Waals surface area contributed by atoms with Crippen molar-refractivity contribution in [1.29, 1.82) is 0 Å². The minimum atomic E-state index is -0.433. The van der Waals surface area contributed by atoms with Gasteiger partial charge >= 0.3 is 0 Å². The molecule has 3 aromatic carbocycles. The fraction of sp³-hybridized carbons (Fsp3) is 0.550. The molecule has 0 radical (unpaired) electrons. The van der Waals surface area contributed by atoms with E-state index in [0.29, 0.717) is 11.6 Å². The van der Waals surface area contributed by atoms with Crippen molar-refractivity contribution in [2.75, 3.05) is 0 Å². The summed E-state index contributed by atoms with van der Waals surface area (Å²) in [5.41, 5.74) is 8.61. The van der Waals surface area contributed by atoms with E-state index >= 15 is 0 Å². The lowest BCUT2D eigenvalue weighted by molar-refractivity contribution is 0.477. The largest absolute Gasteiger partial charge is 0.0686 e. The highest BCUT2D eigenvalue weighted by molar-refractivity contribution is 7.73. The molecule has 0 spiro atoms. The Morgan fingerprint density at radius 2 is 1.19 bits per heavy atom. The Morgan fingerprint density at radius 3 is 1.83 bits per heavy atom. The predicted molar refractivity (Wildman–Crippen MR) is 190 cm³/mol. The molecule has 0 bridgehead atoms. The van der Waals surface area contributed by atoms with Gasteiger partial charge in [-0.15, -0.1) is 0 Å². The number of hydrogen-bond acceptors (Lipinski definition) is 0. The Hall–Kier alpha value is -1.48. The first-order chi connectivity index (χ1) is 20.5. The van der Waals surface area contributed by atoms with Gasteiger partial charge in [-0.25, -0.2) is 0 Å². The quantitative estimate of drug-likeness (QED) is 0.227. The van der Waals surface area contributed by atoms with Crippen molar-refractivity contribution < 1.29 is 0 Å². The molecule has 3 aromatic rings. The summed E-state index contributed by atoms with van der Waals surface area (Å²) >= 11 is 0. The summed E-state index contributed by atoms with van der Waals surface area (Å²) < 4.78 is 0. The maximum atomic E-state index is 2.64. The van der Waals surface area contributed by atoms with Crippen molar-refractivity contribution in [3.05, 3.63) is 89.0 Å².